The molecular weight excluding hydrogens is 306 g/mol. The molecule has 1 saturated carbocycles. The number of rotatable bonds is 5. The van der Waals surface area contributed by atoms with E-state index < -0.39 is 11.4 Å². The highest BCUT2D eigenvalue weighted by Crippen LogP contribution is 2.53. The van der Waals surface area contributed by atoms with E-state index in [0.717, 1.165) is 12.0 Å². The summed E-state index contributed by atoms with van der Waals surface area (Å²) in [7, 11) is 0. The molecule has 128 valence electrons. The molecule has 1 aromatic rings. The number of esters is 1. The first-order chi connectivity index (χ1) is 11.6. The Balaban J connectivity index is 1.80. The number of carbonyl (C=O) groups excluding carboxylic acids is 2. The summed E-state index contributed by atoms with van der Waals surface area (Å²) in [6.07, 6.45) is 2.40. The van der Waals surface area contributed by atoms with Crippen molar-refractivity contribution in [3.63, 3.8) is 0 Å². The van der Waals surface area contributed by atoms with Crippen LogP contribution in [0.2, 0.25) is 0 Å². The van der Waals surface area contributed by atoms with Gasteiger partial charge in [0.05, 0.1) is 12.2 Å². The van der Waals surface area contributed by atoms with Crippen LogP contribution in [0.5, 0.6) is 0 Å². The van der Waals surface area contributed by atoms with E-state index in [1.54, 1.807) is 11.8 Å². The van der Waals surface area contributed by atoms with E-state index in [0.29, 0.717) is 37.9 Å². The number of benzene rings is 1. The van der Waals surface area contributed by atoms with E-state index >= 15 is 0 Å². The third-order valence-electron chi connectivity index (χ3n) is 4.77. The SMILES string of the molecule is CCOC(=O)C1(/C(O)=C2\CCCN(Cc3ccccc3)C2=O)CC1. The molecule has 5 nitrogen and oxygen atoms in total. The Labute approximate surface area is 141 Å². The Kier molecular flexibility index (Phi) is 4.60. The van der Waals surface area contributed by atoms with Gasteiger partial charge in [-0.2, -0.15) is 0 Å². The van der Waals surface area contributed by atoms with Crippen LogP contribution in [0, 0.1) is 5.41 Å². The maximum Gasteiger partial charge on any atom is 0.319 e. The van der Waals surface area contributed by atoms with Gasteiger partial charge in [0.2, 0.25) is 0 Å². The zero-order valence-electron chi connectivity index (χ0n) is 14.0. The van der Waals surface area contributed by atoms with Gasteiger partial charge in [-0.25, -0.2) is 0 Å². The molecule has 1 heterocycles. The van der Waals surface area contributed by atoms with E-state index in [1.807, 2.05) is 30.3 Å². The van der Waals surface area contributed by atoms with Crippen LogP contribution in [0.3, 0.4) is 0 Å². The molecule has 1 saturated heterocycles. The van der Waals surface area contributed by atoms with E-state index in [-0.39, 0.29) is 18.3 Å². The summed E-state index contributed by atoms with van der Waals surface area (Å²) < 4.78 is 5.08. The van der Waals surface area contributed by atoms with Crippen molar-refractivity contribution in [1.82, 2.24) is 4.90 Å². The number of aliphatic hydroxyl groups excluding tert-OH is 1. The number of hydrogen-bond acceptors (Lipinski definition) is 4. The second-order valence-electron chi connectivity index (χ2n) is 6.45. The molecule has 2 aliphatic rings. The lowest BCUT2D eigenvalue weighted by molar-refractivity contribution is -0.149. The Morgan fingerprint density at radius 2 is 2.00 bits per heavy atom. The molecule has 0 aromatic heterocycles. The number of hydrogen-bond donors (Lipinski definition) is 1. The minimum absolute atomic E-state index is 0.0660. The fourth-order valence-corrected chi connectivity index (χ4v) is 3.24. The van der Waals surface area contributed by atoms with Gasteiger partial charge in [-0.1, -0.05) is 30.3 Å². The summed E-state index contributed by atoms with van der Waals surface area (Å²) in [6, 6.07) is 9.78. The second kappa shape index (κ2) is 6.67. The van der Waals surface area contributed by atoms with E-state index in [4.69, 9.17) is 4.74 Å². The zero-order chi connectivity index (χ0) is 17.2. The van der Waals surface area contributed by atoms with Gasteiger partial charge < -0.3 is 14.7 Å². The summed E-state index contributed by atoms with van der Waals surface area (Å²) in [5.74, 6) is -0.648. The topological polar surface area (TPSA) is 66.8 Å². The number of ether oxygens (including phenoxy) is 1. The second-order valence-corrected chi connectivity index (χ2v) is 6.45. The molecule has 0 radical (unpaired) electrons. The van der Waals surface area contributed by atoms with Crippen molar-refractivity contribution in [2.45, 2.75) is 39.2 Å². The summed E-state index contributed by atoms with van der Waals surface area (Å²) in [5, 5.41) is 10.6. The van der Waals surface area contributed by atoms with E-state index in [2.05, 4.69) is 0 Å². The van der Waals surface area contributed by atoms with Crippen LogP contribution in [-0.2, 0) is 20.9 Å². The lowest BCUT2D eigenvalue weighted by Crippen LogP contribution is -2.38. The monoisotopic (exact) mass is 329 g/mol. The van der Waals surface area contributed by atoms with Gasteiger partial charge in [-0.05, 0) is 38.2 Å². The Morgan fingerprint density at radius 1 is 1.29 bits per heavy atom. The largest absolute Gasteiger partial charge is 0.511 e. The molecule has 0 bridgehead atoms. The fraction of sp³-hybridized carbons (Fsp3) is 0.474. The molecule has 3 rings (SSSR count). The summed E-state index contributed by atoms with van der Waals surface area (Å²) in [5.41, 5.74) is 0.456. The van der Waals surface area contributed by atoms with Crippen LogP contribution in [0.1, 0.15) is 38.2 Å². The molecule has 1 amide bonds. The molecule has 5 heteroatoms. The van der Waals surface area contributed by atoms with Crippen molar-refractivity contribution >= 4 is 11.9 Å². The zero-order valence-corrected chi connectivity index (χ0v) is 14.0. The van der Waals surface area contributed by atoms with Crippen molar-refractivity contribution in [3.05, 3.63) is 47.2 Å². The summed E-state index contributed by atoms with van der Waals surface area (Å²) >= 11 is 0. The predicted molar refractivity (Wildman–Crippen MR) is 89.0 cm³/mol. The van der Waals surface area contributed by atoms with Gasteiger partial charge in [-0.15, -0.1) is 0 Å². The minimum atomic E-state index is -0.975. The van der Waals surface area contributed by atoms with Crippen LogP contribution in [0.25, 0.3) is 0 Å². The van der Waals surface area contributed by atoms with E-state index in [9.17, 15) is 14.7 Å². The average Bonchev–Trinajstić information content (AvgIpc) is 3.39. The number of piperidine rings is 1. The van der Waals surface area contributed by atoms with Gasteiger partial charge in [0, 0.05) is 13.1 Å². The number of carbonyl (C=O) groups is 2. The van der Waals surface area contributed by atoms with Crippen molar-refractivity contribution < 1.29 is 19.4 Å². The van der Waals surface area contributed by atoms with Crippen LogP contribution < -0.4 is 0 Å². The first-order valence-electron chi connectivity index (χ1n) is 8.51. The highest BCUT2D eigenvalue weighted by molar-refractivity contribution is 5.96. The number of amides is 1. The van der Waals surface area contributed by atoms with Gasteiger partial charge in [0.1, 0.15) is 11.2 Å². The third kappa shape index (κ3) is 3.03. The first-order valence-corrected chi connectivity index (χ1v) is 8.51. The normalized spacial score (nSPS) is 21.4. The number of likely N-dealkylation sites (tertiary alicyclic amines) is 1. The fourth-order valence-electron chi connectivity index (χ4n) is 3.24. The van der Waals surface area contributed by atoms with E-state index in [1.165, 1.54) is 0 Å². The Bertz CT molecular complexity index is 661. The Hall–Kier alpha value is -2.30. The highest BCUT2D eigenvalue weighted by Gasteiger charge is 2.57. The molecule has 1 aromatic carbocycles. The molecule has 2 fully saturated rings. The molecule has 1 aliphatic heterocycles. The lowest BCUT2D eigenvalue weighted by atomic mass is 9.93. The van der Waals surface area contributed by atoms with Crippen LogP contribution in [0.15, 0.2) is 41.7 Å². The predicted octanol–water partition coefficient (Wildman–Crippen LogP) is 2.96. The Morgan fingerprint density at radius 3 is 2.62 bits per heavy atom. The number of aliphatic hydroxyl groups is 1. The van der Waals surface area contributed by atoms with Crippen LogP contribution in [-0.4, -0.2) is 35.0 Å². The maximum atomic E-state index is 12.8. The average molecular weight is 329 g/mol. The molecule has 0 atom stereocenters. The van der Waals surface area contributed by atoms with Crippen molar-refractivity contribution in [2.75, 3.05) is 13.2 Å². The van der Waals surface area contributed by atoms with Crippen molar-refractivity contribution in [2.24, 2.45) is 5.41 Å². The highest BCUT2D eigenvalue weighted by atomic mass is 16.5. The molecule has 0 spiro atoms. The summed E-state index contributed by atoms with van der Waals surface area (Å²) in [6.45, 7) is 3.20. The summed E-state index contributed by atoms with van der Waals surface area (Å²) in [4.78, 5) is 26.7. The van der Waals surface area contributed by atoms with Gasteiger partial charge in [0.25, 0.3) is 5.91 Å². The molecule has 24 heavy (non-hydrogen) atoms. The maximum absolute atomic E-state index is 12.8. The smallest absolute Gasteiger partial charge is 0.319 e. The minimum Gasteiger partial charge on any atom is -0.511 e. The van der Waals surface area contributed by atoms with Crippen LogP contribution in [0.4, 0.5) is 0 Å². The van der Waals surface area contributed by atoms with Crippen molar-refractivity contribution in [1.29, 1.82) is 0 Å². The molecular formula is C19H23NO4. The molecule has 1 aliphatic carbocycles. The van der Waals surface area contributed by atoms with Crippen LogP contribution >= 0.6 is 0 Å². The third-order valence-corrected chi connectivity index (χ3v) is 4.77. The molecule has 0 unspecified atom stereocenters. The standard InChI is InChI=1S/C19H23NO4/c1-2-24-18(23)19(10-11-19)16(21)15-9-6-12-20(17(15)22)13-14-7-4-3-5-8-14/h3-5,7-8,21H,2,6,9-13H2,1H3/b16-15-. The number of nitrogens with zero attached hydrogens (tertiary/aromatic N) is 1. The molecule has 1 N–H and O–H groups in total. The quantitative estimate of drug-likeness (QED) is 0.512. The van der Waals surface area contributed by atoms with Gasteiger partial charge >= 0.3 is 5.97 Å². The van der Waals surface area contributed by atoms with Crippen molar-refractivity contribution in [3.8, 4) is 0 Å². The van der Waals surface area contributed by atoms with Gasteiger partial charge in [0.15, 0.2) is 0 Å². The van der Waals surface area contributed by atoms with Gasteiger partial charge in [-0.3, -0.25) is 9.59 Å². The lowest BCUT2D eigenvalue weighted by Gasteiger charge is -2.30. The first kappa shape index (κ1) is 16.6.